The van der Waals surface area contributed by atoms with Gasteiger partial charge in [-0.25, -0.2) is 13.2 Å². The Morgan fingerprint density at radius 3 is 2.55 bits per heavy atom. The van der Waals surface area contributed by atoms with E-state index in [1.54, 1.807) is 6.07 Å². The van der Waals surface area contributed by atoms with Gasteiger partial charge in [0.05, 0.1) is 6.04 Å². The number of thioether (sulfide) groups is 1. The Morgan fingerprint density at radius 2 is 1.80 bits per heavy atom. The Balaban J connectivity index is 1.91. The van der Waals surface area contributed by atoms with Crippen LogP contribution in [-0.4, -0.2) is 5.75 Å². The van der Waals surface area contributed by atoms with E-state index in [1.165, 1.54) is 30.0 Å². The van der Waals surface area contributed by atoms with Crippen LogP contribution in [0.3, 0.4) is 0 Å². The van der Waals surface area contributed by atoms with Gasteiger partial charge in [0.1, 0.15) is 17.5 Å². The maximum absolute atomic E-state index is 13.7. The fraction of sp³-hybridized carbons (Fsp3) is 0.200. The second-order valence-electron chi connectivity index (χ2n) is 4.65. The van der Waals surface area contributed by atoms with Crippen LogP contribution in [-0.2, 0) is 0 Å². The van der Waals surface area contributed by atoms with Crippen molar-refractivity contribution in [2.45, 2.75) is 17.4 Å². The fourth-order valence-corrected chi connectivity index (χ4v) is 3.52. The lowest BCUT2D eigenvalue weighted by Crippen LogP contribution is -2.17. The minimum Gasteiger partial charge on any atom is -0.378 e. The van der Waals surface area contributed by atoms with Crippen LogP contribution in [0.4, 0.5) is 18.9 Å². The van der Waals surface area contributed by atoms with Gasteiger partial charge in [0.2, 0.25) is 0 Å². The quantitative estimate of drug-likeness (QED) is 0.858. The van der Waals surface area contributed by atoms with Crippen molar-refractivity contribution in [2.24, 2.45) is 0 Å². The molecule has 1 heterocycles. The molecule has 1 atom stereocenters. The summed E-state index contributed by atoms with van der Waals surface area (Å²) < 4.78 is 40.1. The van der Waals surface area contributed by atoms with E-state index in [2.05, 4.69) is 5.32 Å². The number of anilines is 1. The van der Waals surface area contributed by atoms with E-state index in [0.717, 1.165) is 23.8 Å². The highest BCUT2D eigenvalue weighted by Crippen LogP contribution is 2.39. The zero-order valence-corrected chi connectivity index (χ0v) is 11.3. The molecule has 0 amide bonds. The second kappa shape index (κ2) is 5.40. The van der Waals surface area contributed by atoms with Gasteiger partial charge in [-0.05, 0) is 30.2 Å². The maximum atomic E-state index is 13.7. The molecule has 0 radical (unpaired) electrons. The molecule has 2 aromatic carbocycles. The molecule has 0 spiro atoms. The predicted octanol–water partition coefficient (Wildman–Crippen LogP) is 4.75. The van der Waals surface area contributed by atoms with Crippen molar-refractivity contribution in [1.82, 2.24) is 0 Å². The summed E-state index contributed by atoms with van der Waals surface area (Å²) in [7, 11) is 0. The molecule has 5 heteroatoms. The summed E-state index contributed by atoms with van der Waals surface area (Å²) in [6.45, 7) is 0. The van der Waals surface area contributed by atoms with Crippen molar-refractivity contribution in [3.8, 4) is 0 Å². The van der Waals surface area contributed by atoms with E-state index in [9.17, 15) is 13.2 Å². The number of hydrogen-bond acceptors (Lipinski definition) is 2. The third-order valence-corrected chi connectivity index (χ3v) is 4.39. The largest absolute Gasteiger partial charge is 0.378 e. The average Bonchev–Trinajstić information content (AvgIpc) is 2.39. The van der Waals surface area contributed by atoms with Crippen molar-refractivity contribution in [3.63, 3.8) is 0 Å². The second-order valence-corrected chi connectivity index (χ2v) is 5.76. The van der Waals surface area contributed by atoms with Gasteiger partial charge in [-0.2, -0.15) is 0 Å². The summed E-state index contributed by atoms with van der Waals surface area (Å²) in [5.41, 5.74) is 1.21. The van der Waals surface area contributed by atoms with Gasteiger partial charge in [0.25, 0.3) is 0 Å². The molecule has 3 rings (SSSR count). The zero-order valence-electron chi connectivity index (χ0n) is 10.5. The molecule has 0 aliphatic carbocycles. The molecule has 1 aliphatic heterocycles. The number of hydrogen-bond donors (Lipinski definition) is 1. The van der Waals surface area contributed by atoms with E-state index in [0.29, 0.717) is 10.6 Å². The van der Waals surface area contributed by atoms with Gasteiger partial charge in [-0.15, -0.1) is 11.8 Å². The SMILES string of the molecule is Fc1cc(F)cc(NC2CCSc3c(F)cccc32)c1. The van der Waals surface area contributed by atoms with E-state index in [-0.39, 0.29) is 11.9 Å². The van der Waals surface area contributed by atoms with Crippen molar-refractivity contribution in [1.29, 1.82) is 0 Å². The molecule has 104 valence electrons. The number of nitrogens with one attached hydrogen (secondary N) is 1. The zero-order chi connectivity index (χ0) is 14.1. The summed E-state index contributed by atoms with van der Waals surface area (Å²) in [5.74, 6) is -0.734. The van der Waals surface area contributed by atoms with Crippen LogP contribution < -0.4 is 5.32 Å². The Kier molecular flexibility index (Phi) is 3.61. The monoisotopic (exact) mass is 295 g/mol. The minimum atomic E-state index is -0.628. The molecule has 1 nitrogen and oxygen atoms in total. The molecule has 0 bridgehead atoms. The Bertz CT molecular complexity index is 625. The summed E-state index contributed by atoms with van der Waals surface area (Å²) >= 11 is 1.47. The first-order chi connectivity index (χ1) is 9.63. The molecular weight excluding hydrogens is 283 g/mol. The van der Waals surface area contributed by atoms with Crippen molar-refractivity contribution in [2.75, 3.05) is 11.1 Å². The van der Waals surface area contributed by atoms with Crippen LogP contribution in [0.5, 0.6) is 0 Å². The van der Waals surface area contributed by atoms with Crippen molar-refractivity contribution >= 4 is 17.4 Å². The lowest BCUT2D eigenvalue weighted by molar-refractivity contribution is 0.578. The first kappa shape index (κ1) is 13.4. The standard InChI is InChI=1S/C15H12F3NS/c16-9-6-10(17)8-11(7-9)19-14-4-5-20-15-12(14)2-1-3-13(15)18/h1-3,6-8,14,19H,4-5H2. The smallest absolute Gasteiger partial charge is 0.137 e. The number of benzene rings is 2. The Hall–Kier alpha value is -1.62. The van der Waals surface area contributed by atoms with Gasteiger partial charge < -0.3 is 5.32 Å². The molecule has 1 aliphatic rings. The van der Waals surface area contributed by atoms with Crippen LogP contribution in [0.1, 0.15) is 18.0 Å². The first-order valence-electron chi connectivity index (χ1n) is 6.27. The van der Waals surface area contributed by atoms with Crippen molar-refractivity contribution in [3.05, 3.63) is 59.4 Å². The predicted molar refractivity (Wildman–Crippen MR) is 74.5 cm³/mol. The van der Waals surface area contributed by atoms with E-state index in [1.807, 2.05) is 6.07 Å². The number of fused-ring (bicyclic) bond motifs is 1. The van der Waals surface area contributed by atoms with E-state index >= 15 is 0 Å². The van der Waals surface area contributed by atoms with Gasteiger partial charge in [0.15, 0.2) is 0 Å². The maximum Gasteiger partial charge on any atom is 0.137 e. The molecule has 20 heavy (non-hydrogen) atoms. The third kappa shape index (κ3) is 2.63. The summed E-state index contributed by atoms with van der Waals surface area (Å²) in [6.07, 6.45) is 0.777. The van der Waals surface area contributed by atoms with Crippen LogP contribution in [0.2, 0.25) is 0 Å². The molecule has 2 aromatic rings. The van der Waals surface area contributed by atoms with Crippen molar-refractivity contribution < 1.29 is 13.2 Å². The lowest BCUT2D eigenvalue weighted by atomic mass is 10.0. The average molecular weight is 295 g/mol. The number of halogens is 3. The molecule has 0 fully saturated rings. The first-order valence-corrected chi connectivity index (χ1v) is 7.26. The van der Waals surface area contributed by atoms with Crippen LogP contribution in [0.25, 0.3) is 0 Å². The molecular formula is C15H12F3NS. The topological polar surface area (TPSA) is 12.0 Å². The van der Waals surface area contributed by atoms with E-state index in [4.69, 9.17) is 0 Å². The van der Waals surface area contributed by atoms with Gasteiger partial charge in [0, 0.05) is 22.4 Å². The Morgan fingerprint density at radius 1 is 1.05 bits per heavy atom. The molecule has 1 N–H and O–H groups in total. The highest BCUT2D eigenvalue weighted by molar-refractivity contribution is 7.99. The summed E-state index contributed by atoms with van der Waals surface area (Å²) in [5, 5.41) is 3.09. The summed E-state index contributed by atoms with van der Waals surface area (Å²) in [4.78, 5) is 0.619. The van der Waals surface area contributed by atoms with Crippen LogP contribution >= 0.6 is 11.8 Å². The van der Waals surface area contributed by atoms with Gasteiger partial charge in [-0.3, -0.25) is 0 Å². The van der Waals surface area contributed by atoms with Gasteiger partial charge in [-0.1, -0.05) is 12.1 Å². The molecule has 1 unspecified atom stereocenters. The minimum absolute atomic E-state index is 0.136. The van der Waals surface area contributed by atoms with E-state index < -0.39 is 11.6 Å². The molecule has 0 saturated heterocycles. The highest BCUT2D eigenvalue weighted by atomic mass is 32.2. The molecule has 0 aromatic heterocycles. The van der Waals surface area contributed by atoms with Gasteiger partial charge >= 0.3 is 0 Å². The lowest BCUT2D eigenvalue weighted by Gasteiger charge is -2.27. The third-order valence-electron chi connectivity index (χ3n) is 3.23. The fourth-order valence-electron chi connectivity index (χ4n) is 2.37. The number of rotatable bonds is 2. The highest BCUT2D eigenvalue weighted by Gasteiger charge is 2.23. The molecule has 0 saturated carbocycles. The van der Waals surface area contributed by atoms with Crippen LogP contribution in [0.15, 0.2) is 41.3 Å². The van der Waals surface area contributed by atoms with Crippen LogP contribution in [0, 0.1) is 17.5 Å². The summed E-state index contributed by atoms with van der Waals surface area (Å²) in [6, 6.07) is 8.10. The Labute approximate surface area is 119 Å². The normalized spacial score (nSPS) is 17.6.